The van der Waals surface area contributed by atoms with E-state index in [0.29, 0.717) is 16.5 Å². The molecule has 1 saturated heterocycles. The molecule has 5 heteroatoms. The molecule has 16 heavy (non-hydrogen) atoms. The first-order valence-corrected chi connectivity index (χ1v) is 5.84. The molecule has 0 saturated carbocycles. The van der Waals surface area contributed by atoms with Gasteiger partial charge in [-0.3, -0.25) is 4.79 Å². The van der Waals surface area contributed by atoms with Crippen molar-refractivity contribution in [3.63, 3.8) is 0 Å². The summed E-state index contributed by atoms with van der Waals surface area (Å²) in [5, 5.41) is 0.334. The molecule has 1 aliphatic rings. The van der Waals surface area contributed by atoms with Crippen molar-refractivity contribution < 1.29 is 4.79 Å². The smallest absolute Gasteiger partial charge is 0.274 e. The van der Waals surface area contributed by atoms with E-state index in [0.717, 1.165) is 25.9 Å². The van der Waals surface area contributed by atoms with Crippen molar-refractivity contribution in [2.24, 2.45) is 0 Å². The highest BCUT2D eigenvalue weighted by atomic mass is 35.5. The van der Waals surface area contributed by atoms with Crippen LogP contribution in [0.15, 0.2) is 6.20 Å². The molecule has 1 aromatic heterocycles. The predicted molar refractivity (Wildman–Crippen MR) is 61.5 cm³/mol. The van der Waals surface area contributed by atoms with E-state index in [9.17, 15) is 4.79 Å². The van der Waals surface area contributed by atoms with Gasteiger partial charge in [-0.2, -0.15) is 0 Å². The van der Waals surface area contributed by atoms with E-state index in [-0.39, 0.29) is 5.91 Å². The number of likely N-dealkylation sites (tertiary alicyclic amines) is 1. The summed E-state index contributed by atoms with van der Waals surface area (Å²) < 4.78 is 0. The molecule has 1 fully saturated rings. The summed E-state index contributed by atoms with van der Waals surface area (Å²) in [6.45, 7) is 3.36. The second kappa shape index (κ2) is 4.78. The molecule has 86 valence electrons. The number of amides is 1. The molecule has 4 nitrogen and oxygen atoms in total. The second-order valence-electron chi connectivity index (χ2n) is 3.97. The molecule has 0 radical (unpaired) electrons. The summed E-state index contributed by atoms with van der Waals surface area (Å²) in [5.41, 5.74) is 0.330. The highest BCUT2D eigenvalue weighted by Gasteiger charge is 2.21. The number of hydrogen-bond donors (Lipinski definition) is 0. The monoisotopic (exact) mass is 239 g/mol. The summed E-state index contributed by atoms with van der Waals surface area (Å²) >= 11 is 5.94. The van der Waals surface area contributed by atoms with Crippen LogP contribution >= 0.6 is 11.6 Å². The maximum Gasteiger partial charge on any atom is 0.274 e. The molecule has 1 amide bonds. The Morgan fingerprint density at radius 3 is 2.75 bits per heavy atom. The van der Waals surface area contributed by atoms with Crippen molar-refractivity contribution in [2.75, 3.05) is 13.1 Å². The van der Waals surface area contributed by atoms with Crippen LogP contribution < -0.4 is 0 Å². The molecule has 1 aromatic rings. The van der Waals surface area contributed by atoms with Crippen molar-refractivity contribution in [3.05, 3.63) is 22.7 Å². The van der Waals surface area contributed by atoms with Gasteiger partial charge in [0.25, 0.3) is 5.91 Å². The molecule has 2 rings (SSSR count). The van der Waals surface area contributed by atoms with Crippen LogP contribution in [0.1, 0.15) is 35.6 Å². The van der Waals surface area contributed by atoms with Crippen molar-refractivity contribution in [3.8, 4) is 0 Å². The van der Waals surface area contributed by atoms with Gasteiger partial charge in [0.2, 0.25) is 0 Å². The Labute approximate surface area is 99.6 Å². The van der Waals surface area contributed by atoms with Crippen LogP contribution in [0.2, 0.25) is 5.02 Å². The molecule has 0 aliphatic carbocycles. The van der Waals surface area contributed by atoms with Crippen LogP contribution in [0.4, 0.5) is 0 Å². The van der Waals surface area contributed by atoms with Gasteiger partial charge in [0.15, 0.2) is 5.69 Å². The van der Waals surface area contributed by atoms with Crippen LogP contribution in [-0.2, 0) is 0 Å². The van der Waals surface area contributed by atoms with Gasteiger partial charge in [-0.15, -0.1) is 0 Å². The van der Waals surface area contributed by atoms with E-state index in [1.165, 1.54) is 12.6 Å². The third kappa shape index (κ3) is 2.32. The van der Waals surface area contributed by atoms with Gasteiger partial charge in [-0.05, 0) is 26.2 Å². The van der Waals surface area contributed by atoms with E-state index >= 15 is 0 Å². The van der Waals surface area contributed by atoms with Crippen molar-refractivity contribution in [2.45, 2.75) is 26.2 Å². The first kappa shape index (κ1) is 11.3. The molecule has 0 atom stereocenters. The minimum Gasteiger partial charge on any atom is -0.337 e. The maximum absolute atomic E-state index is 12.1. The Balaban J connectivity index is 2.22. The van der Waals surface area contributed by atoms with Crippen LogP contribution in [0.5, 0.6) is 0 Å². The fourth-order valence-corrected chi connectivity index (χ4v) is 2.02. The molecule has 0 unspecified atom stereocenters. The van der Waals surface area contributed by atoms with Gasteiger partial charge >= 0.3 is 0 Å². The summed E-state index contributed by atoms with van der Waals surface area (Å²) in [4.78, 5) is 22.0. The zero-order chi connectivity index (χ0) is 11.5. The first-order valence-electron chi connectivity index (χ1n) is 5.47. The largest absolute Gasteiger partial charge is 0.337 e. The van der Waals surface area contributed by atoms with E-state index in [1.807, 2.05) is 4.90 Å². The lowest BCUT2D eigenvalue weighted by atomic mass is 10.1. The summed E-state index contributed by atoms with van der Waals surface area (Å²) in [5.74, 6) is 0.500. The van der Waals surface area contributed by atoms with Crippen LogP contribution in [-0.4, -0.2) is 33.9 Å². The molecule has 0 aromatic carbocycles. The van der Waals surface area contributed by atoms with Crippen molar-refractivity contribution in [1.29, 1.82) is 0 Å². The summed E-state index contributed by atoms with van der Waals surface area (Å²) in [6.07, 6.45) is 4.81. The molecule has 1 aliphatic heterocycles. The average Bonchev–Trinajstić information content (AvgIpc) is 2.32. The number of rotatable bonds is 1. The number of aryl methyl sites for hydroxylation is 1. The first-order chi connectivity index (χ1) is 7.68. The highest BCUT2D eigenvalue weighted by Crippen LogP contribution is 2.17. The van der Waals surface area contributed by atoms with E-state index in [1.54, 1.807) is 6.92 Å². The third-order valence-corrected chi connectivity index (χ3v) is 2.99. The number of halogens is 1. The molecule has 0 bridgehead atoms. The fourth-order valence-electron chi connectivity index (χ4n) is 1.85. The lowest BCUT2D eigenvalue weighted by Crippen LogP contribution is -2.36. The zero-order valence-electron chi connectivity index (χ0n) is 9.24. The number of hydrogen-bond acceptors (Lipinski definition) is 3. The third-order valence-electron chi connectivity index (χ3n) is 2.71. The fraction of sp³-hybridized carbons (Fsp3) is 0.545. The van der Waals surface area contributed by atoms with Gasteiger partial charge < -0.3 is 4.90 Å². The molecule has 0 spiro atoms. The Hall–Kier alpha value is -1.16. The van der Waals surface area contributed by atoms with Crippen molar-refractivity contribution >= 4 is 17.5 Å². The number of aromatic nitrogens is 2. The zero-order valence-corrected chi connectivity index (χ0v) is 10.00. The number of nitrogens with zero attached hydrogens (tertiary/aromatic N) is 3. The van der Waals surface area contributed by atoms with Crippen molar-refractivity contribution in [1.82, 2.24) is 14.9 Å². The van der Waals surface area contributed by atoms with Gasteiger partial charge in [0, 0.05) is 13.1 Å². The minimum absolute atomic E-state index is 0.0739. The van der Waals surface area contributed by atoms with Gasteiger partial charge in [-0.1, -0.05) is 11.6 Å². The lowest BCUT2D eigenvalue weighted by molar-refractivity contribution is 0.0718. The number of piperidine rings is 1. The van der Waals surface area contributed by atoms with Gasteiger partial charge in [-0.25, -0.2) is 9.97 Å². The Morgan fingerprint density at radius 1 is 1.38 bits per heavy atom. The topological polar surface area (TPSA) is 46.1 Å². The minimum atomic E-state index is -0.0739. The SMILES string of the molecule is Cc1ncc(Cl)c(C(=O)N2CCCCC2)n1. The van der Waals surface area contributed by atoms with E-state index in [2.05, 4.69) is 9.97 Å². The Bertz CT molecular complexity index is 402. The van der Waals surface area contributed by atoms with Crippen LogP contribution in [0.3, 0.4) is 0 Å². The maximum atomic E-state index is 12.1. The predicted octanol–water partition coefficient (Wildman–Crippen LogP) is 2.06. The Kier molecular flexibility index (Phi) is 3.39. The lowest BCUT2D eigenvalue weighted by Gasteiger charge is -2.26. The summed E-state index contributed by atoms with van der Waals surface area (Å²) in [6, 6.07) is 0. The normalized spacial score (nSPS) is 16.2. The quantitative estimate of drug-likeness (QED) is 0.754. The summed E-state index contributed by atoms with van der Waals surface area (Å²) in [7, 11) is 0. The van der Waals surface area contributed by atoms with Crippen LogP contribution in [0, 0.1) is 6.92 Å². The molecular formula is C11H14ClN3O. The number of carbonyl (C=O) groups is 1. The van der Waals surface area contributed by atoms with Gasteiger partial charge in [0.1, 0.15) is 5.82 Å². The molecule has 2 heterocycles. The Morgan fingerprint density at radius 2 is 2.06 bits per heavy atom. The second-order valence-corrected chi connectivity index (χ2v) is 4.37. The average molecular weight is 240 g/mol. The number of carbonyl (C=O) groups excluding carboxylic acids is 1. The van der Waals surface area contributed by atoms with Gasteiger partial charge in [0.05, 0.1) is 11.2 Å². The molecule has 0 N–H and O–H groups in total. The van der Waals surface area contributed by atoms with E-state index in [4.69, 9.17) is 11.6 Å². The van der Waals surface area contributed by atoms with E-state index < -0.39 is 0 Å². The highest BCUT2D eigenvalue weighted by molar-refractivity contribution is 6.33. The van der Waals surface area contributed by atoms with Crippen LogP contribution in [0.25, 0.3) is 0 Å². The molecular weight excluding hydrogens is 226 g/mol. The standard InChI is InChI=1S/C11H14ClN3O/c1-8-13-7-9(12)10(14-8)11(16)15-5-3-2-4-6-15/h7H,2-6H2,1H3.